The smallest absolute Gasteiger partial charge is 0.123 e. The number of hydrogen-bond donors (Lipinski definition) is 3. The molecule has 1 aliphatic rings. The van der Waals surface area contributed by atoms with Gasteiger partial charge in [-0.25, -0.2) is 0 Å². The summed E-state index contributed by atoms with van der Waals surface area (Å²) in [6.45, 7) is 1.38. The predicted molar refractivity (Wildman–Crippen MR) is 65.1 cm³/mol. The summed E-state index contributed by atoms with van der Waals surface area (Å²) >= 11 is 0. The van der Waals surface area contributed by atoms with Gasteiger partial charge < -0.3 is 20.3 Å². The van der Waals surface area contributed by atoms with Crippen molar-refractivity contribution in [1.82, 2.24) is 5.32 Å². The molecule has 0 unspecified atom stereocenters. The van der Waals surface area contributed by atoms with Crippen LogP contribution in [0.2, 0.25) is 0 Å². The number of hydrogen-bond acceptors (Lipinski definition) is 4. The lowest BCUT2D eigenvalue weighted by molar-refractivity contribution is -0.0695. The molecular formula is C13H19NO3. The van der Waals surface area contributed by atoms with E-state index in [1.54, 1.807) is 19.2 Å². The van der Waals surface area contributed by atoms with Crippen LogP contribution in [0.1, 0.15) is 24.8 Å². The van der Waals surface area contributed by atoms with Crippen LogP contribution in [-0.4, -0.2) is 29.5 Å². The molecule has 0 aromatic heterocycles. The number of ether oxygens (including phenoxy) is 1. The molecule has 0 radical (unpaired) electrons. The summed E-state index contributed by atoms with van der Waals surface area (Å²) in [6, 6.07) is 4.65. The fourth-order valence-electron chi connectivity index (χ4n) is 2.15. The summed E-state index contributed by atoms with van der Waals surface area (Å²) in [4.78, 5) is 0. The third kappa shape index (κ3) is 2.70. The topological polar surface area (TPSA) is 61.7 Å². The van der Waals surface area contributed by atoms with Gasteiger partial charge in [0.25, 0.3) is 0 Å². The van der Waals surface area contributed by atoms with Crippen LogP contribution in [0.15, 0.2) is 18.2 Å². The Labute approximate surface area is 101 Å². The molecule has 0 spiro atoms. The maximum absolute atomic E-state index is 9.62. The van der Waals surface area contributed by atoms with Crippen molar-refractivity contribution in [2.24, 2.45) is 0 Å². The molecule has 4 nitrogen and oxygen atoms in total. The second-order valence-electron chi connectivity index (χ2n) is 4.66. The summed E-state index contributed by atoms with van der Waals surface area (Å²) in [7, 11) is 1.75. The van der Waals surface area contributed by atoms with E-state index in [0.29, 0.717) is 6.54 Å². The van der Waals surface area contributed by atoms with E-state index in [0.717, 1.165) is 24.9 Å². The third-order valence-corrected chi connectivity index (χ3v) is 3.53. The highest BCUT2D eigenvalue weighted by Gasteiger charge is 2.36. The average molecular weight is 237 g/mol. The van der Waals surface area contributed by atoms with Gasteiger partial charge in [0.2, 0.25) is 0 Å². The van der Waals surface area contributed by atoms with Gasteiger partial charge in [-0.15, -0.1) is 0 Å². The third-order valence-electron chi connectivity index (χ3n) is 3.53. The van der Waals surface area contributed by atoms with Crippen molar-refractivity contribution < 1.29 is 14.9 Å². The molecule has 0 aliphatic heterocycles. The van der Waals surface area contributed by atoms with E-state index in [1.165, 1.54) is 12.5 Å². The lowest BCUT2D eigenvalue weighted by Gasteiger charge is -2.40. The van der Waals surface area contributed by atoms with Crippen LogP contribution in [0.25, 0.3) is 0 Å². The standard InChI is InChI=1S/C13H19NO3/c1-17-13(5-2-6-13)9-14-8-10-3-4-11(15)7-12(10)16/h3-4,7,14-16H,2,5-6,8-9H2,1H3. The first-order valence-corrected chi connectivity index (χ1v) is 5.92. The lowest BCUT2D eigenvalue weighted by Crippen LogP contribution is -2.47. The number of phenolic OH excluding ortho intramolecular Hbond substituents is 2. The molecule has 1 aliphatic carbocycles. The first kappa shape index (κ1) is 12.2. The Balaban J connectivity index is 1.85. The van der Waals surface area contributed by atoms with Crippen molar-refractivity contribution in [2.45, 2.75) is 31.4 Å². The fourth-order valence-corrected chi connectivity index (χ4v) is 2.15. The predicted octanol–water partition coefficient (Wildman–Crippen LogP) is 1.76. The number of rotatable bonds is 5. The summed E-state index contributed by atoms with van der Waals surface area (Å²) in [5.41, 5.74) is 0.778. The molecule has 1 aromatic carbocycles. The zero-order valence-corrected chi connectivity index (χ0v) is 10.1. The number of aromatic hydroxyl groups is 2. The summed E-state index contributed by atoms with van der Waals surface area (Å²) in [5.74, 6) is 0.205. The second-order valence-corrected chi connectivity index (χ2v) is 4.66. The highest BCUT2D eigenvalue weighted by atomic mass is 16.5. The number of nitrogens with one attached hydrogen (secondary N) is 1. The first-order chi connectivity index (χ1) is 8.15. The number of phenols is 2. The van der Waals surface area contributed by atoms with Crippen molar-refractivity contribution >= 4 is 0 Å². The van der Waals surface area contributed by atoms with Crippen LogP contribution in [0.5, 0.6) is 11.5 Å². The van der Waals surface area contributed by atoms with Gasteiger partial charge in [-0.05, 0) is 25.3 Å². The van der Waals surface area contributed by atoms with Crippen LogP contribution in [0.3, 0.4) is 0 Å². The molecule has 4 heteroatoms. The second kappa shape index (κ2) is 4.94. The Hall–Kier alpha value is -1.26. The minimum Gasteiger partial charge on any atom is -0.508 e. The normalized spacial score (nSPS) is 17.7. The van der Waals surface area contributed by atoms with Gasteiger partial charge in [0, 0.05) is 31.8 Å². The van der Waals surface area contributed by atoms with E-state index in [-0.39, 0.29) is 17.1 Å². The van der Waals surface area contributed by atoms with Crippen LogP contribution in [0.4, 0.5) is 0 Å². The first-order valence-electron chi connectivity index (χ1n) is 5.92. The lowest BCUT2D eigenvalue weighted by atomic mass is 9.80. The van der Waals surface area contributed by atoms with E-state index in [1.807, 2.05) is 0 Å². The minimum absolute atomic E-state index is 0.00740. The van der Waals surface area contributed by atoms with Crippen molar-refractivity contribution in [3.05, 3.63) is 23.8 Å². The van der Waals surface area contributed by atoms with Crippen LogP contribution in [-0.2, 0) is 11.3 Å². The Kier molecular flexibility index (Phi) is 3.54. The number of benzene rings is 1. The fraction of sp³-hybridized carbons (Fsp3) is 0.538. The van der Waals surface area contributed by atoms with Gasteiger partial charge >= 0.3 is 0 Å². The van der Waals surface area contributed by atoms with E-state index < -0.39 is 0 Å². The van der Waals surface area contributed by atoms with Gasteiger partial charge in [0.1, 0.15) is 11.5 Å². The summed E-state index contributed by atoms with van der Waals surface area (Å²) in [5, 5.41) is 22.1. The van der Waals surface area contributed by atoms with Crippen LogP contribution < -0.4 is 5.32 Å². The Morgan fingerprint density at radius 1 is 1.35 bits per heavy atom. The van der Waals surface area contributed by atoms with Gasteiger partial charge in [0.15, 0.2) is 0 Å². The molecule has 0 amide bonds. The van der Waals surface area contributed by atoms with Crippen LogP contribution in [0, 0.1) is 0 Å². The SMILES string of the molecule is COC1(CNCc2ccc(O)cc2O)CCC1. The molecular weight excluding hydrogens is 218 g/mol. The summed E-state index contributed by atoms with van der Waals surface area (Å²) < 4.78 is 5.50. The van der Waals surface area contributed by atoms with Crippen molar-refractivity contribution in [3.8, 4) is 11.5 Å². The quantitative estimate of drug-likeness (QED) is 0.730. The molecule has 0 bridgehead atoms. The van der Waals surface area contributed by atoms with Crippen LogP contribution >= 0.6 is 0 Å². The Bertz CT molecular complexity index is 383. The Morgan fingerprint density at radius 2 is 2.12 bits per heavy atom. The van der Waals surface area contributed by atoms with E-state index in [9.17, 15) is 10.2 Å². The van der Waals surface area contributed by atoms with E-state index in [4.69, 9.17) is 4.74 Å². The van der Waals surface area contributed by atoms with Gasteiger partial charge in [0.05, 0.1) is 5.60 Å². The monoisotopic (exact) mass is 237 g/mol. The molecule has 3 N–H and O–H groups in total. The van der Waals surface area contributed by atoms with Crippen molar-refractivity contribution in [3.63, 3.8) is 0 Å². The maximum atomic E-state index is 9.62. The largest absolute Gasteiger partial charge is 0.508 e. The highest BCUT2D eigenvalue weighted by Crippen LogP contribution is 2.34. The molecule has 0 heterocycles. The molecule has 1 saturated carbocycles. The van der Waals surface area contributed by atoms with Gasteiger partial charge in [-0.1, -0.05) is 6.07 Å². The molecule has 0 saturated heterocycles. The summed E-state index contributed by atoms with van der Waals surface area (Å²) in [6.07, 6.45) is 3.41. The molecule has 17 heavy (non-hydrogen) atoms. The molecule has 0 atom stereocenters. The van der Waals surface area contributed by atoms with Gasteiger partial charge in [-0.2, -0.15) is 0 Å². The maximum Gasteiger partial charge on any atom is 0.123 e. The van der Waals surface area contributed by atoms with Crippen molar-refractivity contribution in [2.75, 3.05) is 13.7 Å². The average Bonchev–Trinajstić information content (AvgIpc) is 2.25. The van der Waals surface area contributed by atoms with Crippen molar-refractivity contribution in [1.29, 1.82) is 0 Å². The highest BCUT2D eigenvalue weighted by molar-refractivity contribution is 5.38. The molecule has 2 rings (SSSR count). The minimum atomic E-state index is -0.00740. The van der Waals surface area contributed by atoms with E-state index >= 15 is 0 Å². The molecule has 94 valence electrons. The van der Waals surface area contributed by atoms with E-state index in [2.05, 4.69) is 5.32 Å². The molecule has 1 aromatic rings. The van der Waals surface area contributed by atoms with Gasteiger partial charge in [-0.3, -0.25) is 0 Å². The Morgan fingerprint density at radius 3 is 2.65 bits per heavy atom. The molecule has 1 fully saturated rings. The zero-order valence-electron chi connectivity index (χ0n) is 10.1. The number of methoxy groups -OCH3 is 1. The zero-order chi connectivity index (χ0) is 12.3.